The Morgan fingerprint density at radius 1 is 1.32 bits per heavy atom. The minimum absolute atomic E-state index is 0.00181. The van der Waals surface area contributed by atoms with Crippen molar-refractivity contribution in [2.24, 2.45) is 5.92 Å². The number of carbonyl (C=O) groups excluding carboxylic acids is 1. The largest absolute Gasteiger partial charge is 0.484 e. The van der Waals surface area contributed by atoms with Gasteiger partial charge >= 0.3 is 0 Å². The van der Waals surface area contributed by atoms with Gasteiger partial charge in [-0.1, -0.05) is 32.9 Å². The summed E-state index contributed by atoms with van der Waals surface area (Å²) in [7, 11) is 0. The van der Waals surface area contributed by atoms with E-state index >= 15 is 0 Å². The monoisotopic (exact) mass is 305 g/mol. The van der Waals surface area contributed by atoms with Crippen LogP contribution in [-0.4, -0.2) is 42.2 Å². The predicted molar refractivity (Wildman–Crippen MR) is 87.0 cm³/mol. The summed E-state index contributed by atoms with van der Waals surface area (Å²) in [5.74, 6) is 0.930. The van der Waals surface area contributed by atoms with E-state index in [0.717, 1.165) is 25.1 Å². The van der Waals surface area contributed by atoms with Crippen molar-refractivity contribution in [3.63, 3.8) is 0 Å². The van der Waals surface area contributed by atoms with Crippen LogP contribution in [0.15, 0.2) is 24.3 Å². The lowest BCUT2D eigenvalue weighted by Gasteiger charge is -2.31. The van der Waals surface area contributed by atoms with Crippen LogP contribution in [0.1, 0.15) is 39.2 Å². The molecule has 1 saturated heterocycles. The second-order valence-electron chi connectivity index (χ2n) is 7.09. The molecule has 0 aliphatic carbocycles. The average molecular weight is 305 g/mol. The quantitative estimate of drug-likeness (QED) is 0.930. The zero-order chi connectivity index (χ0) is 16.2. The zero-order valence-electron chi connectivity index (χ0n) is 13.8. The van der Waals surface area contributed by atoms with Crippen LogP contribution in [0.25, 0.3) is 0 Å². The zero-order valence-corrected chi connectivity index (χ0v) is 13.8. The summed E-state index contributed by atoms with van der Waals surface area (Å²) in [6.45, 7) is 8.12. The van der Waals surface area contributed by atoms with Crippen molar-refractivity contribution >= 4 is 5.91 Å². The SMILES string of the molecule is CC(C)(C)c1ccc(OCC(=O)N2CCCC(CO)C2)cc1. The Morgan fingerprint density at radius 3 is 2.59 bits per heavy atom. The molecule has 1 aliphatic rings. The molecule has 1 amide bonds. The Labute approximate surface area is 133 Å². The van der Waals surface area contributed by atoms with Gasteiger partial charge in [-0.2, -0.15) is 0 Å². The van der Waals surface area contributed by atoms with Gasteiger partial charge in [0.25, 0.3) is 5.91 Å². The lowest BCUT2D eigenvalue weighted by atomic mass is 9.87. The summed E-state index contributed by atoms with van der Waals surface area (Å²) in [6.07, 6.45) is 1.95. The number of nitrogens with zero attached hydrogens (tertiary/aromatic N) is 1. The van der Waals surface area contributed by atoms with Crippen LogP contribution in [0.5, 0.6) is 5.75 Å². The first-order valence-corrected chi connectivity index (χ1v) is 8.02. The number of hydrogen-bond acceptors (Lipinski definition) is 3. The maximum Gasteiger partial charge on any atom is 0.260 e. The van der Waals surface area contributed by atoms with E-state index in [1.807, 2.05) is 24.3 Å². The van der Waals surface area contributed by atoms with E-state index in [0.29, 0.717) is 6.54 Å². The van der Waals surface area contributed by atoms with Crippen LogP contribution in [0.2, 0.25) is 0 Å². The van der Waals surface area contributed by atoms with Crippen LogP contribution in [0, 0.1) is 5.92 Å². The van der Waals surface area contributed by atoms with E-state index in [4.69, 9.17) is 4.74 Å². The first-order chi connectivity index (χ1) is 10.4. The molecule has 1 aromatic carbocycles. The molecule has 1 unspecified atom stereocenters. The lowest BCUT2D eigenvalue weighted by Crippen LogP contribution is -2.43. The fourth-order valence-corrected chi connectivity index (χ4v) is 2.73. The number of rotatable bonds is 4. The predicted octanol–water partition coefficient (Wildman–Crippen LogP) is 2.59. The van der Waals surface area contributed by atoms with Crippen molar-refractivity contribution in [1.82, 2.24) is 4.90 Å². The van der Waals surface area contributed by atoms with Crippen LogP contribution in [0.3, 0.4) is 0 Å². The average Bonchev–Trinajstić information content (AvgIpc) is 2.52. The maximum atomic E-state index is 12.2. The molecule has 22 heavy (non-hydrogen) atoms. The van der Waals surface area contributed by atoms with Crippen LogP contribution in [0.4, 0.5) is 0 Å². The first-order valence-electron chi connectivity index (χ1n) is 8.02. The fourth-order valence-electron chi connectivity index (χ4n) is 2.73. The van der Waals surface area contributed by atoms with E-state index in [1.54, 1.807) is 4.90 Å². The van der Waals surface area contributed by atoms with Gasteiger partial charge in [-0.15, -0.1) is 0 Å². The molecule has 0 spiro atoms. The van der Waals surface area contributed by atoms with Crippen molar-refractivity contribution < 1.29 is 14.6 Å². The third-order valence-electron chi connectivity index (χ3n) is 4.21. The number of carbonyl (C=O) groups is 1. The van der Waals surface area contributed by atoms with Gasteiger partial charge in [0, 0.05) is 19.7 Å². The van der Waals surface area contributed by atoms with E-state index < -0.39 is 0 Å². The van der Waals surface area contributed by atoms with Gasteiger partial charge < -0.3 is 14.7 Å². The Bertz CT molecular complexity index is 490. The van der Waals surface area contributed by atoms with Gasteiger partial charge in [-0.05, 0) is 41.9 Å². The molecule has 2 rings (SSSR count). The van der Waals surface area contributed by atoms with E-state index in [9.17, 15) is 9.90 Å². The highest BCUT2D eigenvalue weighted by Crippen LogP contribution is 2.24. The summed E-state index contributed by atoms with van der Waals surface area (Å²) in [4.78, 5) is 14.0. The molecule has 0 saturated carbocycles. The van der Waals surface area contributed by atoms with Crippen LogP contribution in [-0.2, 0) is 10.2 Å². The van der Waals surface area contributed by atoms with E-state index in [2.05, 4.69) is 20.8 Å². The van der Waals surface area contributed by atoms with Gasteiger partial charge in [-0.25, -0.2) is 0 Å². The molecule has 0 radical (unpaired) electrons. The minimum Gasteiger partial charge on any atom is -0.484 e. The molecule has 4 nitrogen and oxygen atoms in total. The maximum absolute atomic E-state index is 12.2. The third-order valence-corrected chi connectivity index (χ3v) is 4.21. The van der Waals surface area contributed by atoms with Gasteiger partial charge in [0.2, 0.25) is 0 Å². The Hall–Kier alpha value is -1.55. The highest BCUT2D eigenvalue weighted by molar-refractivity contribution is 5.77. The van der Waals surface area contributed by atoms with Crippen LogP contribution < -0.4 is 4.74 Å². The Balaban J connectivity index is 1.86. The van der Waals surface area contributed by atoms with E-state index in [-0.39, 0.29) is 30.5 Å². The molecule has 1 N–H and O–H groups in total. The minimum atomic E-state index is -0.00181. The second-order valence-corrected chi connectivity index (χ2v) is 7.09. The number of likely N-dealkylation sites (tertiary alicyclic amines) is 1. The molecule has 0 aromatic heterocycles. The van der Waals surface area contributed by atoms with Crippen molar-refractivity contribution in [3.8, 4) is 5.75 Å². The molecule has 1 fully saturated rings. The Kier molecular flexibility index (Phi) is 5.46. The van der Waals surface area contributed by atoms with Gasteiger partial charge in [-0.3, -0.25) is 4.79 Å². The number of benzene rings is 1. The molecule has 122 valence electrons. The number of amides is 1. The fraction of sp³-hybridized carbons (Fsp3) is 0.611. The summed E-state index contributed by atoms with van der Waals surface area (Å²) in [5, 5.41) is 9.22. The summed E-state index contributed by atoms with van der Waals surface area (Å²) >= 11 is 0. The molecule has 1 aromatic rings. The summed E-state index contributed by atoms with van der Waals surface area (Å²) < 4.78 is 5.60. The molecule has 0 bridgehead atoms. The van der Waals surface area contributed by atoms with Gasteiger partial charge in [0.05, 0.1) is 0 Å². The Morgan fingerprint density at radius 2 is 2.00 bits per heavy atom. The van der Waals surface area contributed by atoms with Crippen molar-refractivity contribution in [2.45, 2.75) is 39.0 Å². The topological polar surface area (TPSA) is 49.8 Å². The number of hydrogen-bond donors (Lipinski definition) is 1. The lowest BCUT2D eigenvalue weighted by molar-refractivity contribution is -0.135. The number of aliphatic hydroxyl groups is 1. The second kappa shape index (κ2) is 7.14. The standard InChI is InChI=1S/C18H27NO3/c1-18(2,3)15-6-8-16(9-7-15)22-13-17(21)19-10-4-5-14(11-19)12-20/h6-9,14,20H,4-5,10-13H2,1-3H3. The molecule has 1 aliphatic heterocycles. The first kappa shape index (κ1) is 16.8. The number of piperidine rings is 1. The molecule has 1 atom stereocenters. The van der Waals surface area contributed by atoms with E-state index in [1.165, 1.54) is 5.56 Å². The molecular weight excluding hydrogens is 278 g/mol. The van der Waals surface area contributed by atoms with Gasteiger partial charge in [0.1, 0.15) is 5.75 Å². The highest BCUT2D eigenvalue weighted by atomic mass is 16.5. The molecule has 4 heteroatoms. The number of aliphatic hydroxyl groups excluding tert-OH is 1. The third kappa shape index (κ3) is 4.47. The highest BCUT2D eigenvalue weighted by Gasteiger charge is 2.23. The van der Waals surface area contributed by atoms with Gasteiger partial charge in [0.15, 0.2) is 6.61 Å². The molecule has 1 heterocycles. The summed E-state index contributed by atoms with van der Waals surface area (Å²) in [6, 6.07) is 7.92. The van der Waals surface area contributed by atoms with Crippen molar-refractivity contribution in [2.75, 3.05) is 26.3 Å². The van der Waals surface area contributed by atoms with Crippen molar-refractivity contribution in [1.29, 1.82) is 0 Å². The van der Waals surface area contributed by atoms with Crippen molar-refractivity contribution in [3.05, 3.63) is 29.8 Å². The van der Waals surface area contributed by atoms with Crippen LogP contribution >= 0.6 is 0 Å². The molecular formula is C18H27NO3. The normalized spacial score (nSPS) is 19.1. The number of ether oxygens (including phenoxy) is 1. The summed E-state index contributed by atoms with van der Waals surface area (Å²) in [5.41, 5.74) is 1.36. The smallest absolute Gasteiger partial charge is 0.260 e.